The van der Waals surface area contributed by atoms with Gasteiger partial charge in [-0.3, -0.25) is 0 Å². The van der Waals surface area contributed by atoms with E-state index < -0.39 is 6.10 Å². The van der Waals surface area contributed by atoms with E-state index in [9.17, 15) is 5.11 Å². The number of para-hydroxylation sites is 1. The Kier molecular flexibility index (Phi) is 4.53. The summed E-state index contributed by atoms with van der Waals surface area (Å²) in [6.45, 7) is 0. The molecule has 104 valence electrons. The zero-order valence-corrected chi connectivity index (χ0v) is 13.8. The minimum Gasteiger partial charge on any atom is -0.486 e. The maximum Gasteiger partial charge on any atom is 0.134 e. The first-order chi connectivity index (χ1) is 9.72. The summed E-state index contributed by atoms with van der Waals surface area (Å²) in [5, 5.41) is 10.4. The van der Waals surface area contributed by atoms with Crippen LogP contribution in [0, 0.1) is 3.57 Å². The van der Waals surface area contributed by atoms with E-state index >= 15 is 0 Å². The van der Waals surface area contributed by atoms with Crippen molar-refractivity contribution in [2.45, 2.75) is 23.5 Å². The van der Waals surface area contributed by atoms with Crippen molar-refractivity contribution in [3.8, 4) is 5.75 Å². The Morgan fingerprint density at radius 3 is 2.75 bits per heavy atom. The molecule has 4 heteroatoms. The number of hydrogen-bond acceptors (Lipinski definition) is 3. The standard InChI is InChI=1S/C16H15IO2S/c17-12-7-5-11(6-8-12)9-13(18)15-10-20-16-4-2-1-3-14(16)19-15/h1-8,13,15,18H,9-10H2. The van der Waals surface area contributed by atoms with Crippen molar-refractivity contribution >= 4 is 34.4 Å². The fourth-order valence-corrected chi connectivity index (χ4v) is 3.65. The van der Waals surface area contributed by atoms with Gasteiger partial charge in [0.05, 0.1) is 6.10 Å². The van der Waals surface area contributed by atoms with Gasteiger partial charge in [0.15, 0.2) is 0 Å². The molecule has 20 heavy (non-hydrogen) atoms. The Hall–Kier alpha value is -0.720. The summed E-state index contributed by atoms with van der Waals surface area (Å²) in [6, 6.07) is 16.3. The second-order valence-corrected chi connectivity index (χ2v) is 7.12. The van der Waals surface area contributed by atoms with Gasteiger partial charge in [0.1, 0.15) is 11.9 Å². The topological polar surface area (TPSA) is 29.5 Å². The van der Waals surface area contributed by atoms with Gasteiger partial charge in [-0.2, -0.15) is 0 Å². The van der Waals surface area contributed by atoms with Crippen LogP contribution in [0.3, 0.4) is 0 Å². The molecule has 0 bridgehead atoms. The van der Waals surface area contributed by atoms with Gasteiger partial charge in [-0.15, -0.1) is 11.8 Å². The maximum absolute atomic E-state index is 10.4. The third-order valence-corrected chi connectivity index (χ3v) is 5.18. The summed E-state index contributed by atoms with van der Waals surface area (Å²) in [5.74, 6) is 1.68. The normalized spacial score (nSPS) is 19.0. The number of thioether (sulfide) groups is 1. The third-order valence-electron chi connectivity index (χ3n) is 3.32. The highest BCUT2D eigenvalue weighted by molar-refractivity contribution is 14.1. The smallest absolute Gasteiger partial charge is 0.134 e. The van der Waals surface area contributed by atoms with Gasteiger partial charge in [0.2, 0.25) is 0 Å². The summed E-state index contributed by atoms with van der Waals surface area (Å²) in [6.07, 6.45) is 0.00900. The van der Waals surface area contributed by atoms with E-state index in [-0.39, 0.29) is 6.10 Å². The molecule has 2 aromatic rings. The SMILES string of the molecule is OC(Cc1ccc(I)cc1)C1CSc2ccccc2O1. The Labute approximate surface area is 136 Å². The minimum atomic E-state index is -0.476. The first-order valence-corrected chi connectivity index (χ1v) is 8.60. The van der Waals surface area contributed by atoms with Crippen molar-refractivity contribution in [3.63, 3.8) is 0 Å². The lowest BCUT2D eigenvalue weighted by atomic mass is 10.0. The van der Waals surface area contributed by atoms with Crippen LogP contribution < -0.4 is 4.74 Å². The average Bonchev–Trinajstić information content (AvgIpc) is 2.49. The molecule has 2 unspecified atom stereocenters. The quantitative estimate of drug-likeness (QED) is 0.799. The van der Waals surface area contributed by atoms with E-state index in [1.54, 1.807) is 11.8 Å². The lowest BCUT2D eigenvalue weighted by molar-refractivity contribution is 0.0468. The third kappa shape index (κ3) is 3.30. The molecule has 1 aliphatic rings. The molecule has 1 aliphatic heterocycles. The van der Waals surface area contributed by atoms with E-state index in [1.165, 1.54) is 3.57 Å². The van der Waals surface area contributed by atoms with Gasteiger partial charge < -0.3 is 9.84 Å². The largest absolute Gasteiger partial charge is 0.486 e. The predicted octanol–water partition coefficient (Wildman–Crippen LogP) is 3.75. The highest BCUT2D eigenvalue weighted by Crippen LogP contribution is 2.36. The van der Waals surface area contributed by atoms with Crippen LogP contribution in [0.1, 0.15) is 5.56 Å². The van der Waals surface area contributed by atoms with Crippen molar-refractivity contribution in [2.24, 2.45) is 0 Å². The van der Waals surface area contributed by atoms with Crippen molar-refractivity contribution < 1.29 is 9.84 Å². The molecule has 0 saturated carbocycles. The fourth-order valence-electron chi connectivity index (χ4n) is 2.22. The molecule has 1 heterocycles. The molecule has 0 amide bonds. The van der Waals surface area contributed by atoms with Gasteiger partial charge >= 0.3 is 0 Å². The van der Waals surface area contributed by atoms with Crippen molar-refractivity contribution in [2.75, 3.05) is 5.75 Å². The molecule has 0 saturated heterocycles. The first-order valence-electron chi connectivity index (χ1n) is 6.53. The van der Waals surface area contributed by atoms with Crippen LogP contribution in [0.25, 0.3) is 0 Å². The van der Waals surface area contributed by atoms with Crippen molar-refractivity contribution in [1.82, 2.24) is 0 Å². The van der Waals surface area contributed by atoms with E-state index in [0.29, 0.717) is 6.42 Å². The van der Waals surface area contributed by atoms with Crippen LogP contribution in [-0.2, 0) is 6.42 Å². The summed E-state index contributed by atoms with van der Waals surface area (Å²) in [4.78, 5) is 1.16. The molecule has 0 fully saturated rings. The molecule has 0 aromatic heterocycles. The Morgan fingerprint density at radius 2 is 1.95 bits per heavy atom. The van der Waals surface area contributed by atoms with Crippen LogP contribution in [0.15, 0.2) is 53.4 Å². The molecule has 2 atom stereocenters. The van der Waals surface area contributed by atoms with Crippen LogP contribution in [0.5, 0.6) is 5.75 Å². The lowest BCUT2D eigenvalue weighted by Crippen LogP contribution is -2.37. The molecule has 2 aromatic carbocycles. The zero-order valence-electron chi connectivity index (χ0n) is 10.8. The number of ether oxygens (including phenoxy) is 1. The minimum absolute atomic E-state index is 0.144. The summed E-state index contributed by atoms with van der Waals surface area (Å²) in [7, 11) is 0. The Balaban J connectivity index is 1.67. The second kappa shape index (κ2) is 6.37. The molecule has 2 nitrogen and oxygen atoms in total. The van der Waals surface area contributed by atoms with Crippen LogP contribution in [-0.4, -0.2) is 23.1 Å². The summed E-state index contributed by atoms with van der Waals surface area (Å²) in [5.41, 5.74) is 1.14. The molecule has 0 spiro atoms. The monoisotopic (exact) mass is 398 g/mol. The van der Waals surface area contributed by atoms with Gasteiger partial charge in [-0.05, 0) is 52.4 Å². The molecule has 0 radical (unpaired) electrons. The number of hydrogen-bond donors (Lipinski definition) is 1. The number of aliphatic hydroxyl groups is 1. The number of benzene rings is 2. The second-order valence-electron chi connectivity index (χ2n) is 4.81. The van der Waals surface area contributed by atoms with Crippen LogP contribution >= 0.6 is 34.4 Å². The number of fused-ring (bicyclic) bond motifs is 1. The van der Waals surface area contributed by atoms with E-state index in [4.69, 9.17) is 4.74 Å². The van der Waals surface area contributed by atoms with Crippen LogP contribution in [0.4, 0.5) is 0 Å². The Bertz CT molecular complexity index is 585. The number of aliphatic hydroxyl groups excluding tert-OH is 1. The molecule has 1 N–H and O–H groups in total. The summed E-state index contributed by atoms with van der Waals surface area (Å²) < 4.78 is 7.12. The average molecular weight is 398 g/mol. The fraction of sp³-hybridized carbons (Fsp3) is 0.250. The van der Waals surface area contributed by atoms with E-state index in [1.807, 2.05) is 18.2 Å². The highest BCUT2D eigenvalue weighted by atomic mass is 127. The zero-order chi connectivity index (χ0) is 13.9. The van der Waals surface area contributed by atoms with Crippen molar-refractivity contribution in [1.29, 1.82) is 0 Å². The van der Waals surface area contributed by atoms with Gasteiger partial charge in [0.25, 0.3) is 0 Å². The lowest BCUT2D eigenvalue weighted by Gasteiger charge is -2.29. The maximum atomic E-state index is 10.4. The number of halogens is 1. The summed E-state index contributed by atoms with van der Waals surface area (Å²) >= 11 is 4.04. The van der Waals surface area contributed by atoms with Gasteiger partial charge in [-0.1, -0.05) is 24.3 Å². The molecular formula is C16H15IO2S. The van der Waals surface area contributed by atoms with Gasteiger partial charge in [0, 0.05) is 20.6 Å². The number of rotatable bonds is 3. The Morgan fingerprint density at radius 1 is 1.20 bits per heavy atom. The van der Waals surface area contributed by atoms with Gasteiger partial charge in [-0.25, -0.2) is 0 Å². The van der Waals surface area contributed by atoms with E-state index in [2.05, 4.69) is 52.9 Å². The van der Waals surface area contributed by atoms with Crippen molar-refractivity contribution in [3.05, 3.63) is 57.7 Å². The molecule has 3 rings (SSSR count). The van der Waals surface area contributed by atoms with E-state index in [0.717, 1.165) is 22.0 Å². The highest BCUT2D eigenvalue weighted by Gasteiger charge is 2.26. The predicted molar refractivity (Wildman–Crippen MR) is 90.5 cm³/mol. The molecular weight excluding hydrogens is 383 g/mol. The molecule has 0 aliphatic carbocycles. The van der Waals surface area contributed by atoms with Crippen LogP contribution in [0.2, 0.25) is 0 Å². The first kappa shape index (κ1) is 14.2.